The Morgan fingerprint density at radius 2 is 1.63 bits per heavy atom. The number of carboxylic acid groups (broad SMARTS) is 2. The van der Waals surface area contributed by atoms with E-state index in [1.807, 2.05) is 13.8 Å². The van der Waals surface area contributed by atoms with E-state index in [4.69, 9.17) is 0 Å². The van der Waals surface area contributed by atoms with E-state index in [1.165, 1.54) is 37.3 Å². The fourth-order valence-corrected chi connectivity index (χ4v) is 4.09. The number of hydrogen-bond donors (Lipinski definition) is 4. The van der Waals surface area contributed by atoms with Crippen LogP contribution in [0.25, 0.3) is 0 Å². The predicted molar refractivity (Wildman–Crippen MR) is 143 cm³/mol. The number of benzene rings is 2. The van der Waals surface area contributed by atoms with Gasteiger partial charge in [-0.15, -0.1) is 0 Å². The first-order valence-electron chi connectivity index (χ1n) is 12.5. The van der Waals surface area contributed by atoms with Crippen LogP contribution in [0.1, 0.15) is 74.4 Å². The van der Waals surface area contributed by atoms with Gasteiger partial charge in [0.05, 0.1) is 16.9 Å². The molecule has 10 heteroatoms. The van der Waals surface area contributed by atoms with Gasteiger partial charge < -0.3 is 20.8 Å². The van der Waals surface area contributed by atoms with Crippen molar-refractivity contribution in [1.82, 2.24) is 10.6 Å². The lowest BCUT2D eigenvalue weighted by Gasteiger charge is -2.27. The van der Waals surface area contributed by atoms with Crippen LogP contribution < -0.4 is 15.5 Å². The number of aromatic carboxylic acids is 1. The second-order valence-corrected chi connectivity index (χ2v) is 9.27. The lowest BCUT2D eigenvalue weighted by atomic mass is 9.94. The maximum Gasteiger partial charge on any atom is 0.395 e. The molecule has 10 nitrogen and oxygen atoms in total. The van der Waals surface area contributed by atoms with Gasteiger partial charge >= 0.3 is 17.8 Å². The Hall–Kier alpha value is -4.21. The Balaban J connectivity index is 2.53. The molecule has 0 saturated carbocycles. The number of carbonyl (C=O) groups excluding carboxylic acids is 3. The average molecular weight is 526 g/mol. The van der Waals surface area contributed by atoms with E-state index in [0.29, 0.717) is 17.7 Å². The Bertz CT molecular complexity index is 1190. The second kappa shape index (κ2) is 13.9. The number of rotatable bonds is 12. The molecule has 0 fully saturated rings. The third kappa shape index (κ3) is 7.89. The Morgan fingerprint density at radius 3 is 2.21 bits per heavy atom. The summed E-state index contributed by atoms with van der Waals surface area (Å²) in [5.74, 6) is -5.24. The number of carboxylic acids is 2. The minimum absolute atomic E-state index is 0.0790. The third-order valence-electron chi connectivity index (χ3n) is 5.93. The number of hydrogen-bond acceptors (Lipinski definition) is 5. The van der Waals surface area contributed by atoms with Crippen molar-refractivity contribution in [2.45, 2.75) is 65.3 Å². The van der Waals surface area contributed by atoms with Crippen molar-refractivity contribution in [2.75, 3.05) is 11.4 Å². The molecule has 1 unspecified atom stereocenters. The van der Waals surface area contributed by atoms with Crippen molar-refractivity contribution in [3.05, 3.63) is 59.2 Å². The smallest absolute Gasteiger partial charge is 0.395 e. The molecule has 0 bridgehead atoms. The van der Waals surface area contributed by atoms with Gasteiger partial charge in [-0.2, -0.15) is 0 Å². The molecule has 0 aliphatic carbocycles. The van der Waals surface area contributed by atoms with Crippen LogP contribution in [0.2, 0.25) is 0 Å². The maximum absolute atomic E-state index is 12.8. The van der Waals surface area contributed by atoms with E-state index >= 15 is 0 Å². The van der Waals surface area contributed by atoms with Crippen LogP contribution in [0.4, 0.5) is 11.4 Å². The lowest BCUT2D eigenvalue weighted by molar-refractivity contribution is -0.148. The number of nitrogens with one attached hydrogen (secondary N) is 2. The van der Waals surface area contributed by atoms with Crippen LogP contribution in [0.3, 0.4) is 0 Å². The van der Waals surface area contributed by atoms with Gasteiger partial charge in [0.15, 0.2) is 0 Å². The van der Waals surface area contributed by atoms with Gasteiger partial charge in [-0.05, 0) is 41.7 Å². The molecule has 0 aliphatic heterocycles. The first kappa shape index (κ1) is 30.0. The molecule has 0 aliphatic rings. The summed E-state index contributed by atoms with van der Waals surface area (Å²) >= 11 is 0. The Morgan fingerprint density at radius 1 is 0.947 bits per heavy atom. The van der Waals surface area contributed by atoms with Crippen LogP contribution in [0.5, 0.6) is 0 Å². The van der Waals surface area contributed by atoms with Crippen molar-refractivity contribution >= 4 is 41.0 Å². The zero-order valence-corrected chi connectivity index (χ0v) is 22.1. The monoisotopic (exact) mass is 525 g/mol. The van der Waals surface area contributed by atoms with Gasteiger partial charge in [0.2, 0.25) is 11.8 Å². The molecule has 204 valence electrons. The van der Waals surface area contributed by atoms with Crippen LogP contribution in [0, 0.1) is 0 Å². The normalized spacial score (nSPS) is 11.5. The van der Waals surface area contributed by atoms with E-state index in [9.17, 15) is 34.2 Å². The molecular weight excluding hydrogens is 490 g/mol. The summed E-state index contributed by atoms with van der Waals surface area (Å²) < 4.78 is 0. The number of unbranched alkanes of at least 4 members (excludes halogenated alkanes) is 2. The molecule has 1 atom stereocenters. The molecule has 0 aromatic heterocycles. The summed E-state index contributed by atoms with van der Waals surface area (Å²) in [4.78, 5) is 61.9. The lowest BCUT2D eigenvalue weighted by Crippen LogP contribution is -2.47. The molecule has 3 amide bonds. The summed E-state index contributed by atoms with van der Waals surface area (Å²) in [6, 6.07) is 9.75. The minimum Gasteiger partial charge on any atom is -0.478 e. The first-order valence-corrected chi connectivity index (χ1v) is 12.5. The third-order valence-corrected chi connectivity index (χ3v) is 5.93. The summed E-state index contributed by atoms with van der Waals surface area (Å²) in [6.07, 6.45) is 2.97. The Kier molecular flexibility index (Phi) is 11.0. The summed E-state index contributed by atoms with van der Waals surface area (Å²) in [7, 11) is 0. The molecule has 0 heterocycles. The van der Waals surface area contributed by atoms with Crippen molar-refractivity contribution in [3.63, 3.8) is 0 Å². The zero-order valence-electron chi connectivity index (χ0n) is 22.1. The first-order chi connectivity index (χ1) is 18.0. The van der Waals surface area contributed by atoms with Crippen molar-refractivity contribution in [1.29, 1.82) is 0 Å². The van der Waals surface area contributed by atoms with Gasteiger partial charge in [0.1, 0.15) is 6.04 Å². The van der Waals surface area contributed by atoms with Crippen molar-refractivity contribution in [2.24, 2.45) is 0 Å². The molecule has 0 spiro atoms. The van der Waals surface area contributed by atoms with E-state index in [1.54, 1.807) is 12.1 Å². The van der Waals surface area contributed by atoms with Gasteiger partial charge in [-0.3, -0.25) is 19.3 Å². The fourth-order valence-electron chi connectivity index (χ4n) is 4.09. The average Bonchev–Trinajstić information content (AvgIpc) is 2.86. The van der Waals surface area contributed by atoms with Gasteiger partial charge in [-0.1, -0.05) is 57.9 Å². The minimum atomic E-state index is -1.74. The quantitative estimate of drug-likeness (QED) is 0.244. The van der Waals surface area contributed by atoms with Crippen LogP contribution >= 0.6 is 0 Å². The summed E-state index contributed by atoms with van der Waals surface area (Å²) in [5, 5.41) is 24.7. The number of nitrogens with zero attached hydrogens (tertiary/aromatic N) is 1. The SMILES string of the molecule is CCCCCNC(=O)C(Cc1ccc(N(C(=O)C(=O)O)c2ccccc2C(=O)O)c(C(C)C)c1)NC(C)=O. The van der Waals surface area contributed by atoms with Crippen LogP contribution in [0.15, 0.2) is 42.5 Å². The van der Waals surface area contributed by atoms with Crippen LogP contribution in [-0.4, -0.2) is 52.5 Å². The van der Waals surface area contributed by atoms with E-state index < -0.39 is 23.9 Å². The molecule has 2 aromatic rings. The van der Waals surface area contributed by atoms with Gasteiger partial charge in [0.25, 0.3) is 0 Å². The molecule has 2 aromatic carbocycles. The molecular formula is C28H35N3O7. The highest BCUT2D eigenvalue weighted by atomic mass is 16.4. The number of aliphatic carboxylic acids is 1. The molecule has 38 heavy (non-hydrogen) atoms. The standard InChI is InChI=1S/C28H35N3O7/c1-5-6-9-14-29-25(33)22(30-18(4)32)16-19-12-13-24(21(15-19)17(2)3)31(26(34)28(37)38)23-11-8-7-10-20(23)27(35)36/h7-8,10-13,15,17,22H,5-6,9,14,16H2,1-4H3,(H,29,33)(H,30,32)(H,35,36)(H,37,38). The zero-order chi connectivity index (χ0) is 28.4. The fraction of sp³-hybridized carbons (Fsp3) is 0.393. The maximum atomic E-state index is 12.8. The Labute approximate surface area is 222 Å². The highest BCUT2D eigenvalue weighted by Gasteiger charge is 2.30. The molecule has 4 N–H and O–H groups in total. The number of para-hydroxylation sites is 1. The topological polar surface area (TPSA) is 153 Å². The highest BCUT2D eigenvalue weighted by molar-refractivity contribution is 6.39. The second-order valence-electron chi connectivity index (χ2n) is 9.27. The molecule has 0 radical (unpaired) electrons. The highest BCUT2D eigenvalue weighted by Crippen LogP contribution is 2.36. The van der Waals surface area contributed by atoms with Crippen molar-refractivity contribution < 1.29 is 34.2 Å². The molecule has 2 rings (SSSR count). The van der Waals surface area contributed by atoms with Crippen molar-refractivity contribution in [3.8, 4) is 0 Å². The van der Waals surface area contributed by atoms with Gasteiger partial charge in [-0.25, -0.2) is 9.59 Å². The van der Waals surface area contributed by atoms with Gasteiger partial charge in [0, 0.05) is 19.9 Å². The number of anilines is 2. The molecule has 0 saturated heterocycles. The number of carbonyl (C=O) groups is 5. The summed E-state index contributed by atoms with van der Waals surface area (Å²) in [6.45, 7) is 7.58. The van der Waals surface area contributed by atoms with E-state index in [-0.39, 0.29) is 41.1 Å². The van der Waals surface area contributed by atoms with E-state index in [2.05, 4.69) is 17.6 Å². The predicted octanol–water partition coefficient (Wildman–Crippen LogP) is 3.61. The summed E-state index contributed by atoms with van der Waals surface area (Å²) in [5.41, 5.74) is 1.15. The largest absolute Gasteiger partial charge is 0.478 e. The van der Waals surface area contributed by atoms with E-state index in [0.717, 1.165) is 24.2 Å². The van der Waals surface area contributed by atoms with Crippen LogP contribution in [-0.2, 0) is 25.6 Å². The number of amides is 3.